The molecule has 1 atom stereocenters. The second-order valence-corrected chi connectivity index (χ2v) is 6.37. The molecule has 2 aliphatic rings. The van der Waals surface area contributed by atoms with Gasteiger partial charge in [-0.05, 0) is 56.4 Å². The standard InChI is InChI=1S/C17H19FN4O/c18-13-8-6-12(7-9-13)17(23)22-10-2-1-3-14(22)16-19-15(20-21-16)11-4-5-11/h6-9,11,14H,1-5,10H2,(H,19,20,21). The van der Waals surface area contributed by atoms with Gasteiger partial charge in [0.15, 0.2) is 5.82 Å². The van der Waals surface area contributed by atoms with E-state index in [1.54, 1.807) is 12.1 Å². The molecule has 1 unspecified atom stereocenters. The Labute approximate surface area is 133 Å². The first kappa shape index (κ1) is 14.4. The first-order valence-electron chi connectivity index (χ1n) is 8.21. The summed E-state index contributed by atoms with van der Waals surface area (Å²) in [5, 5.41) is 7.34. The Bertz CT molecular complexity index is 708. The number of hydrogen-bond acceptors (Lipinski definition) is 3. The summed E-state index contributed by atoms with van der Waals surface area (Å²) in [6.07, 6.45) is 5.23. The van der Waals surface area contributed by atoms with E-state index in [9.17, 15) is 9.18 Å². The number of nitrogens with one attached hydrogen (secondary N) is 1. The fraction of sp³-hybridized carbons (Fsp3) is 0.471. The van der Waals surface area contributed by atoms with Crippen LogP contribution in [0.3, 0.4) is 0 Å². The summed E-state index contributed by atoms with van der Waals surface area (Å²) >= 11 is 0. The van der Waals surface area contributed by atoms with Crippen LogP contribution in [0, 0.1) is 5.82 Å². The third-order valence-electron chi connectivity index (χ3n) is 4.63. The molecule has 4 rings (SSSR count). The van der Waals surface area contributed by atoms with Crippen molar-refractivity contribution >= 4 is 5.91 Å². The van der Waals surface area contributed by atoms with Gasteiger partial charge in [0.25, 0.3) is 5.91 Å². The zero-order valence-corrected chi connectivity index (χ0v) is 12.8. The molecule has 1 aliphatic carbocycles. The maximum absolute atomic E-state index is 13.1. The number of amides is 1. The summed E-state index contributed by atoms with van der Waals surface area (Å²) in [6, 6.07) is 5.66. The smallest absolute Gasteiger partial charge is 0.254 e. The first-order valence-corrected chi connectivity index (χ1v) is 8.21. The van der Waals surface area contributed by atoms with Crippen molar-refractivity contribution in [2.75, 3.05) is 6.54 Å². The Kier molecular flexibility index (Phi) is 3.59. The second-order valence-electron chi connectivity index (χ2n) is 6.37. The Hall–Kier alpha value is -2.24. The van der Waals surface area contributed by atoms with Gasteiger partial charge < -0.3 is 4.90 Å². The molecule has 1 aromatic heterocycles. The van der Waals surface area contributed by atoms with Crippen molar-refractivity contribution in [2.24, 2.45) is 0 Å². The van der Waals surface area contributed by atoms with Gasteiger partial charge in [0, 0.05) is 18.0 Å². The summed E-state index contributed by atoms with van der Waals surface area (Å²) in [5.74, 6) is 1.74. The maximum Gasteiger partial charge on any atom is 0.254 e. The van der Waals surface area contributed by atoms with E-state index in [0.717, 1.165) is 43.8 Å². The van der Waals surface area contributed by atoms with Gasteiger partial charge in [-0.1, -0.05) is 0 Å². The highest BCUT2D eigenvalue weighted by Crippen LogP contribution is 2.39. The molecule has 1 aliphatic heterocycles. The van der Waals surface area contributed by atoms with Gasteiger partial charge in [0.2, 0.25) is 0 Å². The van der Waals surface area contributed by atoms with Crippen molar-refractivity contribution in [3.63, 3.8) is 0 Å². The Morgan fingerprint density at radius 2 is 1.96 bits per heavy atom. The van der Waals surface area contributed by atoms with Gasteiger partial charge in [-0.15, -0.1) is 0 Å². The van der Waals surface area contributed by atoms with Crippen LogP contribution in [0.1, 0.15) is 66.1 Å². The van der Waals surface area contributed by atoms with E-state index in [1.165, 1.54) is 12.1 Å². The van der Waals surface area contributed by atoms with E-state index in [2.05, 4.69) is 15.2 Å². The molecule has 1 saturated heterocycles. The molecule has 1 amide bonds. The number of benzene rings is 1. The molecule has 1 aromatic carbocycles. The van der Waals surface area contributed by atoms with Crippen LogP contribution in [-0.2, 0) is 0 Å². The van der Waals surface area contributed by atoms with Gasteiger partial charge in [-0.25, -0.2) is 9.37 Å². The number of aromatic amines is 1. The molecular formula is C17H19FN4O. The highest BCUT2D eigenvalue weighted by molar-refractivity contribution is 5.94. The maximum atomic E-state index is 13.1. The molecule has 2 fully saturated rings. The number of likely N-dealkylation sites (tertiary alicyclic amines) is 1. The predicted octanol–water partition coefficient (Wildman–Crippen LogP) is 3.19. The van der Waals surface area contributed by atoms with Gasteiger partial charge in [-0.2, -0.15) is 5.10 Å². The van der Waals surface area contributed by atoms with E-state index in [-0.39, 0.29) is 17.8 Å². The number of rotatable bonds is 3. The van der Waals surface area contributed by atoms with E-state index < -0.39 is 0 Å². The summed E-state index contributed by atoms with van der Waals surface area (Å²) in [5.41, 5.74) is 0.514. The van der Waals surface area contributed by atoms with E-state index in [4.69, 9.17) is 0 Å². The van der Waals surface area contributed by atoms with Gasteiger partial charge in [0.1, 0.15) is 11.6 Å². The van der Waals surface area contributed by atoms with E-state index >= 15 is 0 Å². The lowest BCUT2D eigenvalue weighted by atomic mass is 10.00. The molecule has 0 spiro atoms. The SMILES string of the molecule is O=C(c1ccc(F)cc1)N1CCCCC1c1nc(C2CC2)n[nH]1. The van der Waals surface area contributed by atoms with E-state index in [0.29, 0.717) is 18.0 Å². The van der Waals surface area contributed by atoms with Crippen LogP contribution in [0.25, 0.3) is 0 Å². The summed E-state index contributed by atoms with van der Waals surface area (Å²) in [7, 11) is 0. The number of piperidine rings is 1. The van der Waals surface area contributed by atoms with Gasteiger partial charge in [0.05, 0.1) is 6.04 Å². The number of aromatic nitrogens is 3. The number of halogens is 1. The number of nitrogens with zero attached hydrogens (tertiary/aromatic N) is 3. The zero-order chi connectivity index (χ0) is 15.8. The van der Waals surface area contributed by atoms with Crippen molar-refractivity contribution < 1.29 is 9.18 Å². The van der Waals surface area contributed by atoms with Crippen molar-refractivity contribution in [1.29, 1.82) is 0 Å². The average molecular weight is 314 g/mol. The molecule has 6 heteroatoms. The molecular weight excluding hydrogens is 295 g/mol. The summed E-state index contributed by atoms with van der Waals surface area (Å²) < 4.78 is 13.1. The lowest BCUT2D eigenvalue weighted by Gasteiger charge is -2.34. The Balaban J connectivity index is 1.58. The number of carbonyl (C=O) groups excluding carboxylic acids is 1. The Morgan fingerprint density at radius 1 is 1.17 bits per heavy atom. The van der Waals surface area contributed by atoms with Crippen LogP contribution in [-0.4, -0.2) is 32.5 Å². The average Bonchev–Trinajstić information content (AvgIpc) is 3.32. The van der Waals surface area contributed by atoms with Crippen LogP contribution in [0.15, 0.2) is 24.3 Å². The van der Waals surface area contributed by atoms with Crippen molar-refractivity contribution in [3.8, 4) is 0 Å². The molecule has 23 heavy (non-hydrogen) atoms. The van der Waals surface area contributed by atoms with E-state index in [1.807, 2.05) is 4.90 Å². The highest BCUT2D eigenvalue weighted by atomic mass is 19.1. The minimum atomic E-state index is -0.332. The van der Waals surface area contributed by atoms with Crippen LogP contribution in [0.5, 0.6) is 0 Å². The number of H-pyrrole nitrogens is 1. The number of hydrogen-bond donors (Lipinski definition) is 1. The van der Waals surface area contributed by atoms with Crippen molar-refractivity contribution in [2.45, 2.75) is 44.1 Å². The number of carbonyl (C=O) groups is 1. The zero-order valence-electron chi connectivity index (χ0n) is 12.8. The first-order chi connectivity index (χ1) is 11.2. The molecule has 0 bridgehead atoms. The third kappa shape index (κ3) is 2.85. The quantitative estimate of drug-likeness (QED) is 0.946. The third-order valence-corrected chi connectivity index (χ3v) is 4.63. The molecule has 5 nitrogen and oxygen atoms in total. The fourth-order valence-electron chi connectivity index (χ4n) is 3.18. The summed E-state index contributed by atoms with van der Waals surface area (Å²) in [4.78, 5) is 19.2. The monoisotopic (exact) mass is 314 g/mol. The Morgan fingerprint density at radius 3 is 2.70 bits per heavy atom. The minimum absolute atomic E-state index is 0.0682. The minimum Gasteiger partial charge on any atom is -0.328 e. The fourth-order valence-corrected chi connectivity index (χ4v) is 3.18. The van der Waals surface area contributed by atoms with Gasteiger partial charge >= 0.3 is 0 Å². The van der Waals surface area contributed by atoms with Crippen LogP contribution in [0.2, 0.25) is 0 Å². The molecule has 1 saturated carbocycles. The van der Waals surface area contributed by atoms with Crippen LogP contribution in [0.4, 0.5) is 4.39 Å². The molecule has 2 heterocycles. The molecule has 2 aromatic rings. The molecule has 0 radical (unpaired) electrons. The highest BCUT2D eigenvalue weighted by Gasteiger charge is 2.33. The normalized spacial score (nSPS) is 21.4. The molecule has 120 valence electrons. The second kappa shape index (κ2) is 5.76. The van der Waals surface area contributed by atoms with Crippen LogP contribution < -0.4 is 0 Å². The lowest BCUT2D eigenvalue weighted by Crippen LogP contribution is -2.39. The largest absolute Gasteiger partial charge is 0.328 e. The lowest BCUT2D eigenvalue weighted by molar-refractivity contribution is 0.0600. The van der Waals surface area contributed by atoms with Crippen molar-refractivity contribution in [3.05, 3.63) is 47.3 Å². The molecule has 1 N–H and O–H groups in total. The van der Waals surface area contributed by atoms with Crippen LogP contribution >= 0.6 is 0 Å². The predicted molar refractivity (Wildman–Crippen MR) is 82.4 cm³/mol. The topological polar surface area (TPSA) is 61.9 Å². The van der Waals surface area contributed by atoms with Crippen molar-refractivity contribution in [1.82, 2.24) is 20.1 Å². The van der Waals surface area contributed by atoms with Gasteiger partial charge in [-0.3, -0.25) is 9.89 Å². The summed E-state index contributed by atoms with van der Waals surface area (Å²) in [6.45, 7) is 0.695.